The number of hydrogen-bond acceptors (Lipinski definition) is 4. The minimum absolute atomic E-state index is 0.432. The van der Waals surface area contributed by atoms with E-state index in [4.69, 9.17) is 4.74 Å². The Morgan fingerprint density at radius 3 is 2.45 bits per heavy atom. The summed E-state index contributed by atoms with van der Waals surface area (Å²) < 4.78 is 5.26. The highest BCUT2D eigenvalue weighted by Gasteiger charge is 2.51. The van der Waals surface area contributed by atoms with Gasteiger partial charge in [0.05, 0.1) is 7.11 Å². The zero-order valence-electron chi connectivity index (χ0n) is 17.2. The predicted octanol–water partition coefficient (Wildman–Crippen LogP) is 3.11. The summed E-state index contributed by atoms with van der Waals surface area (Å²) in [6.07, 6.45) is 0. The molecule has 1 saturated heterocycles. The summed E-state index contributed by atoms with van der Waals surface area (Å²) >= 11 is 0. The molecule has 3 rings (SSSR count). The topological polar surface area (TPSA) is 87.7 Å². The fourth-order valence-electron chi connectivity index (χ4n) is 3.47. The van der Waals surface area contributed by atoms with Crippen molar-refractivity contribution >= 4 is 23.5 Å². The van der Waals surface area contributed by atoms with E-state index in [-0.39, 0.29) is 0 Å². The minimum atomic E-state index is -1.26. The molecule has 0 radical (unpaired) electrons. The number of imide groups is 1. The molecular formula is C22H25N3O4. The van der Waals surface area contributed by atoms with Gasteiger partial charge in [-0.3, -0.25) is 9.59 Å². The van der Waals surface area contributed by atoms with E-state index >= 15 is 0 Å². The molecule has 0 aromatic heterocycles. The molecule has 0 aliphatic carbocycles. The van der Waals surface area contributed by atoms with E-state index < -0.39 is 29.4 Å². The van der Waals surface area contributed by atoms with Crippen molar-refractivity contribution in [2.75, 3.05) is 12.4 Å². The Bertz CT molecular complexity index is 988. The third-order valence-electron chi connectivity index (χ3n) is 5.36. The zero-order chi connectivity index (χ0) is 21.3. The first kappa shape index (κ1) is 20.4. The van der Waals surface area contributed by atoms with Crippen LogP contribution in [0.15, 0.2) is 42.5 Å². The lowest BCUT2D eigenvalue weighted by atomic mass is 9.90. The van der Waals surface area contributed by atoms with E-state index in [0.717, 1.165) is 16.0 Å². The monoisotopic (exact) mass is 395 g/mol. The predicted molar refractivity (Wildman–Crippen MR) is 110 cm³/mol. The van der Waals surface area contributed by atoms with Gasteiger partial charge in [0.2, 0.25) is 5.91 Å². The average Bonchev–Trinajstić information content (AvgIpc) is 2.92. The highest BCUT2D eigenvalue weighted by Crippen LogP contribution is 2.32. The number of methoxy groups -OCH3 is 1. The maximum atomic E-state index is 13.2. The third-order valence-corrected chi connectivity index (χ3v) is 5.36. The lowest BCUT2D eigenvalue weighted by molar-refractivity contribution is -0.136. The van der Waals surface area contributed by atoms with Crippen LogP contribution in [-0.4, -0.2) is 35.9 Å². The van der Waals surface area contributed by atoms with E-state index in [1.54, 1.807) is 38.3 Å². The number of carbonyl (C=O) groups is 3. The summed E-state index contributed by atoms with van der Waals surface area (Å²) in [6, 6.07) is 11.1. The Labute approximate surface area is 170 Å². The van der Waals surface area contributed by atoms with Crippen LogP contribution in [0.5, 0.6) is 5.75 Å². The van der Waals surface area contributed by atoms with Crippen molar-refractivity contribution in [1.82, 2.24) is 10.2 Å². The number of urea groups is 1. The number of para-hydroxylation sites is 1. The molecule has 152 valence electrons. The third kappa shape index (κ3) is 3.55. The molecule has 1 aliphatic rings. The van der Waals surface area contributed by atoms with Crippen LogP contribution in [0.1, 0.15) is 30.5 Å². The number of anilines is 1. The second-order valence-electron chi connectivity index (χ2n) is 7.39. The molecule has 2 N–H and O–H groups in total. The van der Waals surface area contributed by atoms with Crippen LogP contribution in [0.4, 0.5) is 10.5 Å². The van der Waals surface area contributed by atoms with Gasteiger partial charge in [-0.05, 0) is 62.6 Å². The molecule has 2 aromatic rings. The van der Waals surface area contributed by atoms with Crippen LogP contribution in [-0.2, 0) is 15.1 Å². The van der Waals surface area contributed by atoms with Gasteiger partial charge in [0.1, 0.15) is 17.3 Å². The van der Waals surface area contributed by atoms with Gasteiger partial charge in [-0.25, -0.2) is 9.69 Å². The summed E-state index contributed by atoms with van der Waals surface area (Å²) in [5.74, 6) is -0.214. The van der Waals surface area contributed by atoms with Gasteiger partial charge in [0.25, 0.3) is 5.91 Å². The highest BCUT2D eigenvalue weighted by molar-refractivity contribution is 6.11. The maximum absolute atomic E-state index is 13.2. The number of hydrogen-bond donors (Lipinski definition) is 2. The molecule has 29 heavy (non-hydrogen) atoms. The van der Waals surface area contributed by atoms with Gasteiger partial charge < -0.3 is 15.4 Å². The second-order valence-corrected chi connectivity index (χ2v) is 7.39. The number of ether oxygens (including phenoxy) is 1. The lowest BCUT2D eigenvalue weighted by Crippen LogP contribution is -2.47. The van der Waals surface area contributed by atoms with Gasteiger partial charge in [-0.15, -0.1) is 0 Å². The van der Waals surface area contributed by atoms with E-state index in [9.17, 15) is 14.4 Å². The van der Waals surface area contributed by atoms with Gasteiger partial charge in [0, 0.05) is 5.69 Å². The molecule has 1 aliphatic heterocycles. The van der Waals surface area contributed by atoms with Crippen molar-refractivity contribution in [2.45, 2.75) is 39.3 Å². The molecule has 2 atom stereocenters. The Balaban J connectivity index is 1.85. The Morgan fingerprint density at radius 2 is 1.83 bits per heavy atom. The standard InChI is InChI=1S/C22H25N3O4/c1-13-8-6-7-9-17(13)23-19(26)15(3)25-20(27)22(4,24-21(25)28)16-10-11-18(29-5)14(2)12-16/h6-12,15H,1-5H3,(H,23,26)(H,24,28). The van der Waals surface area contributed by atoms with Crippen LogP contribution >= 0.6 is 0 Å². The number of nitrogens with one attached hydrogen (secondary N) is 2. The van der Waals surface area contributed by atoms with E-state index in [1.165, 1.54) is 6.92 Å². The van der Waals surface area contributed by atoms with Gasteiger partial charge in [0.15, 0.2) is 0 Å². The largest absolute Gasteiger partial charge is 0.496 e. The Morgan fingerprint density at radius 1 is 1.14 bits per heavy atom. The second kappa shape index (κ2) is 7.58. The Kier molecular flexibility index (Phi) is 5.33. The summed E-state index contributed by atoms with van der Waals surface area (Å²) in [5.41, 5.74) is 1.75. The number of rotatable bonds is 5. The van der Waals surface area contributed by atoms with Gasteiger partial charge >= 0.3 is 6.03 Å². The number of nitrogens with zero attached hydrogens (tertiary/aromatic N) is 1. The molecule has 0 spiro atoms. The Hall–Kier alpha value is -3.35. The summed E-state index contributed by atoms with van der Waals surface area (Å²) in [5, 5.41) is 5.53. The number of aryl methyl sites for hydroxylation is 2. The zero-order valence-corrected chi connectivity index (χ0v) is 17.2. The van der Waals surface area contributed by atoms with E-state index in [0.29, 0.717) is 17.0 Å². The number of amides is 4. The number of carbonyl (C=O) groups excluding carboxylic acids is 3. The molecule has 2 unspecified atom stereocenters. The van der Waals surface area contributed by atoms with Gasteiger partial charge in [-0.1, -0.05) is 24.3 Å². The first-order valence-electron chi connectivity index (χ1n) is 9.36. The molecule has 1 heterocycles. The van der Waals surface area contributed by atoms with Crippen molar-refractivity contribution in [2.24, 2.45) is 0 Å². The van der Waals surface area contributed by atoms with Crippen molar-refractivity contribution in [3.05, 3.63) is 59.2 Å². The van der Waals surface area contributed by atoms with Crippen LogP contribution in [0, 0.1) is 13.8 Å². The molecule has 0 bridgehead atoms. The smallest absolute Gasteiger partial charge is 0.326 e. The van der Waals surface area contributed by atoms with Crippen molar-refractivity contribution < 1.29 is 19.1 Å². The lowest BCUT2D eigenvalue weighted by Gasteiger charge is -2.25. The highest BCUT2D eigenvalue weighted by atomic mass is 16.5. The summed E-state index contributed by atoms with van der Waals surface area (Å²) in [4.78, 5) is 39.5. The first-order chi connectivity index (χ1) is 13.7. The van der Waals surface area contributed by atoms with Crippen LogP contribution in [0.2, 0.25) is 0 Å². The molecule has 7 heteroatoms. The van der Waals surface area contributed by atoms with E-state index in [1.807, 2.05) is 32.0 Å². The summed E-state index contributed by atoms with van der Waals surface area (Å²) in [7, 11) is 1.57. The molecule has 2 aromatic carbocycles. The summed E-state index contributed by atoms with van der Waals surface area (Å²) in [6.45, 7) is 6.91. The normalized spacial score (nSPS) is 19.7. The SMILES string of the molecule is COc1ccc(C2(C)NC(=O)N(C(C)C(=O)Nc3ccccc3C)C2=O)cc1C. The van der Waals surface area contributed by atoms with E-state index in [2.05, 4.69) is 10.6 Å². The number of benzene rings is 2. The van der Waals surface area contributed by atoms with Crippen molar-refractivity contribution in [1.29, 1.82) is 0 Å². The van der Waals surface area contributed by atoms with Gasteiger partial charge in [-0.2, -0.15) is 0 Å². The molecule has 0 saturated carbocycles. The van der Waals surface area contributed by atoms with Crippen molar-refractivity contribution in [3.63, 3.8) is 0 Å². The molecule has 7 nitrogen and oxygen atoms in total. The minimum Gasteiger partial charge on any atom is -0.496 e. The fraction of sp³-hybridized carbons (Fsp3) is 0.318. The molecule has 4 amide bonds. The average molecular weight is 395 g/mol. The quantitative estimate of drug-likeness (QED) is 0.762. The van der Waals surface area contributed by atoms with Crippen molar-refractivity contribution in [3.8, 4) is 5.75 Å². The molecular weight excluding hydrogens is 370 g/mol. The first-order valence-corrected chi connectivity index (χ1v) is 9.36. The maximum Gasteiger partial charge on any atom is 0.326 e. The fourth-order valence-corrected chi connectivity index (χ4v) is 3.47. The molecule has 1 fully saturated rings. The van der Waals surface area contributed by atoms with Crippen LogP contribution in [0.25, 0.3) is 0 Å². The van der Waals surface area contributed by atoms with Crippen LogP contribution < -0.4 is 15.4 Å². The van der Waals surface area contributed by atoms with Crippen LogP contribution in [0.3, 0.4) is 0 Å².